The first-order chi connectivity index (χ1) is 8.69. The predicted molar refractivity (Wildman–Crippen MR) is 80.1 cm³/mol. The van der Waals surface area contributed by atoms with Crippen LogP contribution >= 0.6 is 0 Å². The normalized spacial score (nSPS) is 16.6. The smallest absolute Gasteiger partial charge is 0.269 e. The van der Waals surface area contributed by atoms with Gasteiger partial charge in [0.1, 0.15) is 0 Å². The number of allylic oxidation sites excluding steroid dienone is 8. The summed E-state index contributed by atoms with van der Waals surface area (Å²) in [5.41, 5.74) is 5.77. The largest absolute Gasteiger partial charge is 2.00 e. The van der Waals surface area contributed by atoms with Crippen molar-refractivity contribution in [2.24, 2.45) is 0 Å². The van der Waals surface area contributed by atoms with Crippen LogP contribution in [0.1, 0.15) is 66.2 Å². The quantitative estimate of drug-likeness (QED) is 0.458. The van der Waals surface area contributed by atoms with Crippen molar-refractivity contribution in [2.45, 2.75) is 66.2 Å². The van der Waals surface area contributed by atoms with Gasteiger partial charge in [0.25, 0.3) is 0 Å². The Hall–Kier alpha value is -0.326. The van der Waals surface area contributed by atoms with E-state index in [2.05, 4.69) is 52.0 Å². The van der Waals surface area contributed by atoms with Gasteiger partial charge in [0, 0.05) is 0 Å². The molecule has 0 aromatic rings. The minimum atomic E-state index is 0. The Balaban J connectivity index is 0.000000324. The maximum Gasteiger partial charge on any atom is 2.00 e. The molecular formula is C18H26Ti. The Morgan fingerprint density at radius 2 is 1.21 bits per heavy atom. The molecule has 0 saturated heterocycles. The number of hydrogen-bond acceptors (Lipinski definition) is 0. The fraction of sp³-hybridized carbons (Fsp3) is 0.556. The van der Waals surface area contributed by atoms with E-state index in [1.54, 1.807) is 0 Å². The van der Waals surface area contributed by atoms with Gasteiger partial charge in [0.05, 0.1) is 0 Å². The minimum Gasteiger partial charge on any atom is -0.269 e. The van der Waals surface area contributed by atoms with Gasteiger partial charge in [-0.05, 0) is 0 Å². The Morgan fingerprint density at radius 1 is 0.842 bits per heavy atom. The fourth-order valence-corrected chi connectivity index (χ4v) is 2.25. The first-order valence-electron chi connectivity index (χ1n) is 7.22. The molecule has 0 atom stereocenters. The van der Waals surface area contributed by atoms with Crippen LogP contribution in [0.2, 0.25) is 0 Å². The van der Waals surface area contributed by atoms with Crippen LogP contribution in [0.4, 0.5) is 0 Å². The maximum atomic E-state index is 3.33. The topological polar surface area (TPSA) is 0 Å². The van der Waals surface area contributed by atoms with Gasteiger partial charge in [-0.15, -0.1) is 26.7 Å². The van der Waals surface area contributed by atoms with Crippen molar-refractivity contribution in [1.29, 1.82) is 0 Å². The van der Waals surface area contributed by atoms with E-state index < -0.39 is 0 Å². The van der Waals surface area contributed by atoms with E-state index >= 15 is 0 Å². The van der Waals surface area contributed by atoms with Crippen LogP contribution in [0.15, 0.2) is 34.4 Å². The van der Waals surface area contributed by atoms with Crippen LogP contribution in [-0.2, 0) is 21.7 Å². The summed E-state index contributed by atoms with van der Waals surface area (Å²) in [5.74, 6) is 0. The van der Waals surface area contributed by atoms with E-state index in [0.717, 1.165) is 12.8 Å². The third-order valence-electron chi connectivity index (χ3n) is 3.40. The summed E-state index contributed by atoms with van der Waals surface area (Å²) in [6.07, 6.45) is 18.1. The summed E-state index contributed by atoms with van der Waals surface area (Å²) in [6, 6.07) is 0. The molecule has 0 aromatic carbocycles. The molecular weight excluding hydrogens is 264 g/mol. The molecule has 0 aliphatic heterocycles. The van der Waals surface area contributed by atoms with Crippen LogP contribution in [-0.4, -0.2) is 0 Å². The second-order valence-corrected chi connectivity index (χ2v) is 4.99. The molecule has 0 aromatic heterocycles. The fourth-order valence-electron chi connectivity index (χ4n) is 2.25. The van der Waals surface area contributed by atoms with Crippen molar-refractivity contribution in [3.05, 3.63) is 46.6 Å². The first-order valence-corrected chi connectivity index (χ1v) is 7.22. The van der Waals surface area contributed by atoms with Gasteiger partial charge in [-0.1, -0.05) is 39.5 Å². The zero-order valence-electron chi connectivity index (χ0n) is 12.9. The molecule has 0 N–H and O–H groups in total. The molecule has 0 radical (unpaired) electrons. The molecule has 19 heavy (non-hydrogen) atoms. The summed E-state index contributed by atoms with van der Waals surface area (Å²) >= 11 is 0. The summed E-state index contributed by atoms with van der Waals surface area (Å²) in [4.78, 5) is 0. The minimum absolute atomic E-state index is 0. The molecule has 0 heterocycles. The van der Waals surface area contributed by atoms with Crippen molar-refractivity contribution in [3.8, 4) is 0 Å². The molecule has 0 fully saturated rings. The van der Waals surface area contributed by atoms with Crippen molar-refractivity contribution in [3.63, 3.8) is 0 Å². The Labute approximate surface area is 134 Å². The Morgan fingerprint density at radius 3 is 1.42 bits per heavy atom. The van der Waals surface area contributed by atoms with E-state index in [4.69, 9.17) is 0 Å². The van der Waals surface area contributed by atoms with E-state index in [-0.39, 0.29) is 21.7 Å². The summed E-state index contributed by atoms with van der Waals surface area (Å²) in [7, 11) is 0. The van der Waals surface area contributed by atoms with Gasteiger partial charge >= 0.3 is 21.7 Å². The standard InChI is InChI=1S/2C9H13.Ti/c2*1-3-5-9-7-4-6-8(9)2;/h2*6H,3-5H2,1-2H3;/q2*-1;+2. The van der Waals surface area contributed by atoms with Crippen LogP contribution in [0.3, 0.4) is 0 Å². The van der Waals surface area contributed by atoms with Crippen LogP contribution in [0.5, 0.6) is 0 Å². The van der Waals surface area contributed by atoms with Gasteiger partial charge in [0.2, 0.25) is 0 Å². The molecule has 0 nitrogen and oxygen atoms in total. The van der Waals surface area contributed by atoms with Crippen molar-refractivity contribution < 1.29 is 21.7 Å². The van der Waals surface area contributed by atoms with Gasteiger partial charge in [0.15, 0.2) is 0 Å². The van der Waals surface area contributed by atoms with Gasteiger partial charge in [-0.2, -0.15) is 12.2 Å². The van der Waals surface area contributed by atoms with Crippen LogP contribution in [0.25, 0.3) is 0 Å². The zero-order valence-corrected chi connectivity index (χ0v) is 14.5. The van der Waals surface area contributed by atoms with Gasteiger partial charge in [-0.25, -0.2) is 22.3 Å². The van der Waals surface area contributed by atoms with E-state index in [1.165, 1.54) is 48.0 Å². The average molecular weight is 290 g/mol. The van der Waals surface area contributed by atoms with Crippen molar-refractivity contribution in [2.75, 3.05) is 0 Å². The third-order valence-corrected chi connectivity index (χ3v) is 3.40. The molecule has 2 rings (SSSR count). The molecule has 0 saturated carbocycles. The second kappa shape index (κ2) is 10.5. The van der Waals surface area contributed by atoms with E-state index in [0.29, 0.717) is 0 Å². The van der Waals surface area contributed by atoms with Gasteiger partial charge in [-0.3, -0.25) is 12.2 Å². The van der Waals surface area contributed by atoms with Crippen molar-refractivity contribution in [1.82, 2.24) is 0 Å². The van der Waals surface area contributed by atoms with Crippen molar-refractivity contribution >= 4 is 0 Å². The monoisotopic (exact) mass is 290 g/mol. The number of hydrogen-bond donors (Lipinski definition) is 0. The summed E-state index contributed by atoms with van der Waals surface area (Å²) in [5, 5.41) is 0. The Bertz CT molecular complexity index is 342. The number of rotatable bonds is 4. The molecule has 0 bridgehead atoms. The molecule has 1 heteroatoms. The first kappa shape index (κ1) is 18.7. The van der Waals surface area contributed by atoms with Gasteiger partial charge < -0.3 is 0 Å². The SMILES string of the molecule is CCCC1=[C-]CC=C1C.CCCC1=[C-]CC=C1C.[Ti+2]. The zero-order chi connectivity index (χ0) is 13.4. The third kappa shape index (κ3) is 6.59. The predicted octanol–water partition coefficient (Wildman–Crippen LogP) is 5.73. The maximum absolute atomic E-state index is 3.33. The van der Waals surface area contributed by atoms with E-state index in [1.807, 2.05) is 0 Å². The second-order valence-electron chi connectivity index (χ2n) is 4.99. The van der Waals surface area contributed by atoms with E-state index in [9.17, 15) is 0 Å². The molecule has 2 aliphatic carbocycles. The molecule has 0 unspecified atom stereocenters. The molecule has 102 valence electrons. The Kier molecular flexibility index (Phi) is 10.3. The summed E-state index contributed by atoms with van der Waals surface area (Å²) in [6.45, 7) is 8.76. The molecule has 0 spiro atoms. The van der Waals surface area contributed by atoms with Crippen LogP contribution in [0, 0.1) is 12.2 Å². The molecule has 0 amide bonds. The molecule has 2 aliphatic rings. The summed E-state index contributed by atoms with van der Waals surface area (Å²) < 4.78 is 0. The van der Waals surface area contributed by atoms with Crippen LogP contribution < -0.4 is 0 Å². The average Bonchev–Trinajstić information content (AvgIpc) is 2.92.